The first-order chi connectivity index (χ1) is 16.0. The van der Waals surface area contributed by atoms with Crippen LogP contribution >= 0.6 is 0 Å². The summed E-state index contributed by atoms with van der Waals surface area (Å²) < 4.78 is 54.6. The van der Waals surface area contributed by atoms with Crippen LogP contribution in [0.2, 0.25) is 0 Å². The molecule has 0 bridgehead atoms. The van der Waals surface area contributed by atoms with E-state index in [1.165, 1.54) is 12.1 Å². The molecule has 3 aromatic carbocycles. The zero-order chi connectivity index (χ0) is 23.4. The van der Waals surface area contributed by atoms with Gasteiger partial charge in [-0.3, -0.25) is 0 Å². The molecule has 174 valence electrons. The number of benzene rings is 3. The first-order valence-electron chi connectivity index (χ1n) is 11.6. The molecule has 3 aromatic rings. The van der Waals surface area contributed by atoms with E-state index in [4.69, 9.17) is 9.47 Å². The van der Waals surface area contributed by atoms with Crippen LogP contribution in [0.3, 0.4) is 0 Å². The van der Waals surface area contributed by atoms with E-state index < -0.39 is 17.5 Å². The van der Waals surface area contributed by atoms with Gasteiger partial charge in [-0.25, -0.2) is 13.2 Å². The smallest absolute Gasteiger partial charge is 0.168 e. The maximum Gasteiger partial charge on any atom is 0.168 e. The Morgan fingerprint density at radius 1 is 0.818 bits per heavy atom. The molecule has 0 spiro atoms. The largest absolute Gasteiger partial charge is 0.491 e. The molecule has 0 aliphatic heterocycles. The van der Waals surface area contributed by atoms with Gasteiger partial charge >= 0.3 is 0 Å². The Balaban J connectivity index is 1.43. The van der Waals surface area contributed by atoms with E-state index >= 15 is 0 Å². The highest BCUT2D eigenvalue weighted by atomic mass is 19.2. The van der Waals surface area contributed by atoms with Crippen molar-refractivity contribution in [3.05, 3.63) is 83.2 Å². The first-order valence-corrected chi connectivity index (χ1v) is 11.6. The zero-order valence-electron chi connectivity index (χ0n) is 19.0. The zero-order valence-corrected chi connectivity index (χ0v) is 19.0. The van der Waals surface area contributed by atoms with Gasteiger partial charge in [0.2, 0.25) is 0 Å². The van der Waals surface area contributed by atoms with Gasteiger partial charge < -0.3 is 9.47 Å². The predicted octanol–water partition coefficient (Wildman–Crippen LogP) is 8.04. The van der Waals surface area contributed by atoms with Crippen LogP contribution in [0, 0.1) is 23.4 Å². The molecule has 1 aliphatic carbocycles. The van der Waals surface area contributed by atoms with Gasteiger partial charge in [0, 0.05) is 11.6 Å². The standard InChI is InChI=1S/C28H29F3O2/c1-3-32-26-15-12-22(16-25(26)29)33-17-19-6-10-21(11-7-19)24-14-13-23(27(30)28(24)31)20-8-4-18(2)5-9-20/h6-7,10-16,18,20H,3-5,8-9,17H2,1-2H3. The molecule has 33 heavy (non-hydrogen) atoms. The van der Waals surface area contributed by atoms with Crippen molar-refractivity contribution in [1.82, 2.24) is 0 Å². The van der Waals surface area contributed by atoms with E-state index in [0.717, 1.165) is 31.2 Å². The van der Waals surface area contributed by atoms with E-state index in [-0.39, 0.29) is 23.8 Å². The summed E-state index contributed by atoms with van der Waals surface area (Å²) in [6.07, 6.45) is 3.92. The minimum Gasteiger partial charge on any atom is -0.491 e. The monoisotopic (exact) mass is 454 g/mol. The fourth-order valence-electron chi connectivity index (χ4n) is 4.46. The molecule has 0 N–H and O–H groups in total. The van der Waals surface area contributed by atoms with Crippen molar-refractivity contribution in [2.24, 2.45) is 5.92 Å². The Kier molecular flexibility index (Phi) is 7.26. The van der Waals surface area contributed by atoms with Crippen molar-refractivity contribution in [3.63, 3.8) is 0 Å². The average molecular weight is 455 g/mol. The molecule has 0 radical (unpaired) electrons. The summed E-state index contributed by atoms with van der Waals surface area (Å²) in [7, 11) is 0. The molecule has 0 amide bonds. The van der Waals surface area contributed by atoms with Crippen molar-refractivity contribution >= 4 is 0 Å². The molecule has 1 aliphatic rings. The van der Waals surface area contributed by atoms with Crippen LogP contribution in [0.25, 0.3) is 11.1 Å². The van der Waals surface area contributed by atoms with Crippen molar-refractivity contribution < 1.29 is 22.6 Å². The summed E-state index contributed by atoms with van der Waals surface area (Å²) in [4.78, 5) is 0. The summed E-state index contributed by atoms with van der Waals surface area (Å²) in [5.41, 5.74) is 2.19. The number of halogens is 3. The third kappa shape index (κ3) is 5.35. The molecular formula is C28H29F3O2. The van der Waals surface area contributed by atoms with Crippen LogP contribution in [0.5, 0.6) is 11.5 Å². The highest BCUT2D eigenvalue weighted by molar-refractivity contribution is 5.65. The van der Waals surface area contributed by atoms with E-state index in [1.54, 1.807) is 49.4 Å². The summed E-state index contributed by atoms with van der Waals surface area (Å²) in [5, 5.41) is 0. The summed E-state index contributed by atoms with van der Waals surface area (Å²) in [6.45, 7) is 4.61. The molecule has 0 aromatic heterocycles. The molecule has 2 nitrogen and oxygen atoms in total. The lowest BCUT2D eigenvalue weighted by Gasteiger charge is -2.27. The number of ether oxygens (including phenoxy) is 2. The normalized spacial score (nSPS) is 18.2. The Morgan fingerprint density at radius 2 is 1.55 bits per heavy atom. The molecule has 0 atom stereocenters. The van der Waals surface area contributed by atoms with Crippen LogP contribution in [0.15, 0.2) is 54.6 Å². The third-order valence-electron chi connectivity index (χ3n) is 6.44. The van der Waals surface area contributed by atoms with Gasteiger partial charge in [0.05, 0.1) is 6.61 Å². The lowest BCUT2D eigenvalue weighted by molar-refractivity contribution is 0.297. The van der Waals surface area contributed by atoms with E-state index in [2.05, 4.69) is 6.92 Å². The van der Waals surface area contributed by atoms with Gasteiger partial charge in [-0.15, -0.1) is 0 Å². The lowest BCUT2D eigenvalue weighted by Crippen LogP contribution is -2.13. The second kappa shape index (κ2) is 10.3. The van der Waals surface area contributed by atoms with Gasteiger partial charge in [0.1, 0.15) is 12.4 Å². The SMILES string of the molecule is CCOc1ccc(OCc2ccc(-c3ccc(C4CCC(C)CC4)c(F)c3F)cc2)cc1F. The van der Waals surface area contributed by atoms with Crippen LogP contribution in [-0.2, 0) is 6.61 Å². The summed E-state index contributed by atoms with van der Waals surface area (Å²) in [6, 6.07) is 15.0. The van der Waals surface area contributed by atoms with Crippen LogP contribution in [-0.4, -0.2) is 6.61 Å². The second-order valence-electron chi connectivity index (χ2n) is 8.80. The maximum atomic E-state index is 14.9. The molecule has 0 saturated heterocycles. The number of hydrogen-bond donors (Lipinski definition) is 0. The van der Waals surface area contributed by atoms with E-state index in [1.807, 2.05) is 0 Å². The third-order valence-corrected chi connectivity index (χ3v) is 6.44. The summed E-state index contributed by atoms with van der Waals surface area (Å²) in [5.74, 6) is -0.667. The molecule has 4 rings (SSSR count). The second-order valence-corrected chi connectivity index (χ2v) is 8.80. The van der Waals surface area contributed by atoms with E-state index in [0.29, 0.717) is 29.4 Å². The highest BCUT2D eigenvalue weighted by Crippen LogP contribution is 2.38. The Hall–Kier alpha value is -2.95. The lowest BCUT2D eigenvalue weighted by atomic mass is 9.79. The van der Waals surface area contributed by atoms with E-state index in [9.17, 15) is 13.2 Å². The van der Waals surface area contributed by atoms with Crippen molar-refractivity contribution in [2.75, 3.05) is 6.61 Å². The molecule has 0 unspecified atom stereocenters. The van der Waals surface area contributed by atoms with Gasteiger partial charge in [0.15, 0.2) is 23.2 Å². The van der Waals surface area contributed by atoms with Crippen molar-refractivity contribution in [3.8, 4) is 22.6 Å². The summed E-state index contributed by atoms with van der Waals surface area (Å²) >= 11 is 0. The Bertz CT molecular complexity index is 1090. The minimum atomic E-state index is -0.792. The quantitative estimate of drug-likeness (QED) is 0.360. The first kappa shape index (κ1) is 23.2. The number of hydrogen-bond acceptors (Lipinski definition) is 2. The van der Waals surface area contributed by atoms with Crippen molar-refractivity contribution in [2.45, 2.75) is 52.1 Å². The Labute approximate surface area is 193 Å². The fourth-order valence-corrected chi connectivity index (χ4v) is 4.46. The van der Waals surface area contributed by atoms with Gasteiger partial charge in [-0.1, -0.05) is 56.2 Å². The van der Waals surface area contributed by atoms with Gasteiger partial charge in [-0.2, -0.15) is 0 Å². The molecule has 1 saturated carbocycles. The van der Waals surface area contributed by atoms with Crippen molar-refractivity contribution in [1.29, 1.82) is 0 Å². The molecular weight excluding hydrogens is 425 g/mol. The highest BCUT2D eigenvalue weighted by Gasteiger charge is 2.25. The van der Waals surface area contributed by atoms with Gasteiger partial charge in [-0.05, 0) is 60.4 Å². The topological polar surface area (TPSA) is 18.5 Å². The minimum absolute atomic E-state index is 0.0942. The average Bonchev–Trinajstić information content (AvgIpc) is 2.82. The van der Waals surface area contributed by atoms with Crippen LogP contribution < -0.4 is 9.47 Å². The van der Waals surface area contributed by atoms with Crippen LogP contribution in [0.4, 0.5) is 13.2 Å². The van der Waals surface area contributed by atoms with Crippen LogP contribution in [0.1, 0.15) is 56.6 Å². The molecule has 0 heterocycles. The Morgan fingerprint density at radius 3 is 2.21 bits per heavy atom. The predicted molar refractivity (Wildman–Crippen MR) is 124 cm³/mol. The van der Waals surface area contributed by atoms with Gasteiger partial charge in [0.25, 0.3) is 0 Å². The fraction of sp³-hybridized carbons (Fsp3) is 0.357. The molecule has 1 fully saturated rings. The maximum absolute atomic E-state index is 14.9. The number of rotatable bonds is 7. The molecule has 5 heteroatoms.